The molecule has 1 saturated heterocycles. The van der Waals surface area contributed by atoms with Gasteiger partial charge in [-0.2, -0.15) is 0 Å². The van der Waals surface area contributed by atoms with Gasteiger partial charge in [-0.05, 0) is 60.6 Å². The van der Waals surface area contributed by atoms with Crippen LogP contribution in [0.25, 0.3) is 0 Å². The summed E-state index contributed by atoms with van der Waals surface area (Å²) in [5, 5.41) is 6.26. The molecule has 1 N–H and O–H groups in total. The zero-order valence-corrected chi connectivity index (χ0v) is 15.7. The maximum atomic E-state index is 5.81. The molecule has 1 aromatic carbocycles. The second-order valence-corrected chi connectivity index (χ2v) is 7.49. The van der Waals surface area contributed by atoms with Gasteiger partial charge in [0, 0.05) is 23.7 Å². The van der Waals surface area contributed by atoms with Gasteiger partial charge in [-0.15, -0.1) is 11.3 Å². The van der Waals surface area contributed by atoms with E-state index in [2.05, 4.69) is 58.9 Å². The molecule has 5 heteroatoms. The molecule has 2 aromatic rings. The highest BCUT2D eigenvalue weighted by Gasteiger charge is 2.21. The number of thiophene rings is 1. The van der Waals surface area contributed by atoms with Crippen molar-refractivity contribution in [2.75, 3.05) is 18.5 Å². The minimum atomic E-state index is 0.284. The second-order valence-electron chi connectivity index (χ2n) is 6.08. The first-order chi connectivity index (χ1) is 11.7. The summed E-state index contributed by atoms with van der Waals surface area (Å²) in [6.45, 7) is 4.71. The average molecular weight is 361 g/mol. The van der Waals surface area contributed by atoms with Gasteiger partial charge >= 0.3 is 0 Å². The van der Waals surface area contributed by atoms with Crippen LogP contribution in [0.15, 0.2) is 41.8 Å². The van der Waals surface area contributed by atoms with E-state index in [1.807, 2.05) is 0 Å². The van der Waals surface area contributed by atoms with Crippen molar-refractivity contribution in [2.24, 2.45) is 0 Å². The van der Waals surface area contributed by atoms with Crippen LogP contribution in [-0.2, 0) is 17.7 Å². The molecule has 0 radical (unpaired) electrons. The van der Waals surface area contributed by atoms with E-state index in [-0.39, 0.29) is 6.10 Å². The Labute approximate surface area is 153 Å². The number of aryl methyl sites for hydroxylation is 1. The molecule has 0 aliphatic carbocycles. The number of nitrogens with one attached hydrogen (secondary N) is 1. The topological polar surface area (TPSA) is 24.5 Å². The summed E-state index contributed by atoms with van der Waals surface area (Å²) in [5.41, 5.74) is 2.38. The summed E-state index contributed by atoms with van der Waals surface area (Å²) >= 11 is 7.46. The van der Waals surface area contributed by atoms with E-state index in [1.54, 1.807) is 11.3 Å². The Morgan fingerprint density at radius 3 is 2.79 bits per heavy atom. The van der Waals surface area contributed by atoms with Crippen molar-refractivity contribution in [2.45, 2.75) is 38.8 Å². The minimum absolute atomic E-state index is 0.284. The molecule has 1 aliphatic heterocycles. The molecule has 3 nitrogen and oxygen atoms in total. The van der Waals surface area contributed by atoms with Crippen LogP contribution in [0.4, 0.5) is 5.69 Å². The van der Waals surface area contributed by atoms with Crippen molar-refractivity contribution in [3.63, 3.8) is 0 Å². The van der Waals surface area contributed by atoms with Crippen molar-refractivity contribution in [1.29, 1.82) is 0 Å². The van der Waals surface area contributed by atoms with E-state index >= 15 is 0 Å². The number of hydrogen-bond acceptors (Lipinski definition) is 3. The third kappa shape index (κ3) is 4.79. The van der Waals surface area contributed by atoms with Gasteiger partial charge in [0.1, 0.15) is 0 Å². The van der Waals surface area contributed by atoms with Gasteiger partial charge in [-0.1, -0.05) is 25.1 Å². The van der Waals surface area contributed by atoms with Crippen molar-refractivity contribution in [1.82, 2.24) is 4.90 Å². The number of benzene rings is 1. The van der Waals surface area contributed by atoms with Gasteiger partial charge in [0.2, 0.25) is 0 Å². The van der Waals surface area contributed by atoms with Crippen LogP contribution >= 0.6 is 23.6 Å². The van der Waals surface area contributed by atoms with Gasteiger partial charge in [-0.25, -0.2) is 0 Å². The molecule has 2 heterocycles. The first-order valence-electron chi connectivity index (χ1n) is 8.53. The van der Waals surface area contributed by atoms with Gasteiger partial charge in [0.05, 0.1) is 12.6 Å². The summed E-state index contributed by atoms with van der Waals surface area (Å²) in [6, 6.07) is 12.7. The van der Waals surface area contributed by atoms with Gasteiger partial charge in [0.25, 0.3) is 0 Å². The lowest BCUT2D eigenvalue weighted by atomic mass is 10.1. The predicted molar refractivity (Wildman–Crippen MR) is 106 cm³/mol. The Bertz CT molecular complexity index is 634. The summed E-state index contributed by atoms with van der Waals surface area (Å²) in [7, 11) is 0. The molecule has 0 bridgehead atoms. The number of anilines is 1. The molecule has 0 spiro atoms. The molecule has 1 atom stereocenters. The molecule has 0 saturated carbocycles. The molecular formula is C19H24N2OS2. The van der Waals surface area contributed by atoms with E-state index in [0.717, 1.165) is 49.8 Å². The standard InChI is InChI=1S/C19H24N2OS2/c1-2-15-7-9-16(10-8-15)20-19(23)21(13-17-5-3-11-22-17)14-18-6-4-12-24-18/h4,6-10,12,17H,2-3,5,11,13-14H2,1H3,(H,20,23)/t17-/m0/s1. The van der Waals surface area contributed by atoms with Crippen molar-refractivity contribution < 1.29 is 4.74 Å². The zero-order chi connectivity index (χ0) is 16.8. The highest BCUT2D eigenvalue weighted by atomic mass is 32.1. The Morgan fingerprint density at radius 1 is 1.33 bits per heavy atom. The van der Waals surface area contributed by atoms with E-state index in [9.17, 15) is 0 Å². The number of rotatable bonds is 6. The first-order valence-corrected chi connectivity index (χ1v) is 9.82. The molecule has 3 rings (SSSR count). The van der Waals surface area contributed by atoms with Gasteiger partial charge in [-0.3, -0.25) is 0 Å². The van der Waals surface area contributed by atoms with Crippen molar-refractivity contribution in [3.8, 4) is 0 Å². The molecule has 1 aliphatic rings. The van der Waals surface area contributed by atoms with Gasteiger partial charge < -0.3 is 15.0 Å². The summed E-state index contributed by atoms with van der Waals surface area (Å²) < 4.78 is 5.81. The average Bonchev–Trinajstić information content (AvgIpc) is 3.29. The van der Waals surface area contributed by atoms with Crippen LogP contribution in [0.3, 0.4) is 0 Å². The third-order valence-electron chi connectivity index (χ3n) is 4.28. The highest BCUT2D eigenvalue weighted by Crippen LogP contribution is 2.19. The number of hydrogen-bond donors (Lipinski definition) is 1. The van der Waals surface area contributed by atoms with E-state index < -0.39 is 0 Å². The second kappa shape index (κ2) is 8.60. The summed E-state index contributed by atoms with van der Waals surface area (Å²) in [5.74, 6) is 0. The lowest BCUT2D eigenvalue weighted by Crippen LogP contribution is -2.39. The Morgan fingerprint density at radius 2 is 2.17 bits per heavy atom. The van der Waals surface area contributed by atoms with Crippen molar-refractivity contribution in [3.05, 3.63) is 52.2 Å². The molecule has 0 amide bonds. The molecule has 128 valence electrons. The smallest absolute Gasteiger partial charge is 0.173 e. The fourth-order valence-electron chi connectivity index (χ4n) is 2.87. The molecule has 0 unspecified atom stereocenters. The largest absolute Gasteiger partial charge is 0.376 e. The molecule has 1 fully saturated rings. The highest BCUT2D eigenvalue weighted by molar-refractivity contribution is 7.80. The molecule has 24 heavy (non-hydrogen) atoms. The summed E-state index contributed by atoms with van der Waals surface area (Å²) in [6.07, 6.45) is 3.60. The Balaban J connectivity index is 1.66. The Kier molecular flexibility index (Phi) is 6.24. The van der Waals surface area contributed by atoms with Gasteiger partial charge in [0.15, 0.2) is 5.11 Å². The SMILES string of the molecule is CCc1ccc(NC(=S)N(Cc2cccs2)C[C@@H]2CCCO2)cc1. The third-order valence-corrected chi connectivity index (χ3v) is 5.50. The first kappa shape index (κ1) is 17.4. The summed E-state index contributed by atoms with van der Waals surface area (Å²) in [4.78, 5) is 3.55. The minimum Gasteiger partial charge on any atom is -0.376 e. The van der Waals surface area contributed by atoms with E-state index in [0.29, 0.717) is 0 Å². The monoisotopic (exact) mass is 360 g/mol. The number of nitrogens with zero attached hydrogens (tertiary/aromatic N) is 1. The van der Waals surface area contributed by atoms with E-state index in [4.69, 9.17) is 17.0 Å². The predicted octanol–water partition coefficient (Wildman–Crippen LogP) is 4.69. The molecule has 1 aromatic heterocycles. The van der Waals surface area contributed by atoms with Crippen LogP contribution in [0, 0.1) is 0 Å². The van der Waals surface area contributed by atoms with E-state index in [1.165, 1.54) is 10.4 Å². The number of ether oxygens (including phenoxy) is 1. The van der Waals surface area contributed by atoms with Crippen LogP contribution in [0.1, 0.15) is 30.2 Å². The Hall–Kier alpha value is -1.43. The zero-order valence-electron chi connectivity index (χ0n) is 14.0. The lowest BCUT2D eigenvalue weighted by molar-refractivity contribution is 0.0907. The van der Waals surface area contributed by atoms with Crippen LogP contribution in [0.5, 0.6) is 0 Å². The lowest BCUT2D eigenvalue weighted by Gasteiger charge is -2.28. The number of thiocarbonyl (C=S) groups is 1. The fourth-order valence-corrected chi connectivity index (χ4v) is 3.85. The fraction of sp³-hybridized carbons (Fsp3) is 0.421. The quantitative estimate of drug-likeness (QED) is 0.756. The van der Waals surface area contributed by atoms with Crippen molar-refractivity contribution >= 4 is 34.4 Å². The van der Waals surface area contributed by atoms with Crippen LogP contribution < -0.4 is 5.32 Å². The van der Waals surface area contributed by atoms with Crippen LogP contribution in [0.2, 0.25) is 0 Å². The maximum absolute atomic E-state index is 5.81. The molecular weight excluding hydrogens is 336 g/mol. The normalized spacial score (nSPS) is 17.0. The van der Waals surface area contributed by atoms with Crippen LogP contribution in [-0.4, -0.2) is 29.3 Å². The maximum Gasteiger partial charge on any atom is 0.173 e.